The molecule has 5 nitrogen and oxygen atoms in total. The van der Waals surface area contributed by atoms with Crippen LogP contribution in [0.15, 0.2) is 77.5 Å². The zero-order chi connectivity index (χ0) is 24.5. The predicted molar refractivity (Wildman–Crippen MR) is 139 cm³/mol. The van der Waals surface area contributed by atoms with E-state index in [0.29, 0.717) is 50.8 Å². The molecule has 3 aromatic carbocycles. The lowest BCUT2D eigenvalue weighted by Crippen LogP contribution is -2.04. The maximum atomic E-state index is 13.2. The van der Waals surface area contributed by atoms with Crippen molar-refractivity contribution in [2.24, 2.45) is 0 Å². The third kappa shape index (κ3) is 4.43. The first-order valence-corrected chi connectivity index (χ1v) is 12.0. The lowest BCUT2D eigenvalue weighted by molar-refractivity contribution is 0.100. The summed E-state index contributed by atoms with van der Waals surface area (Å²) in [6.07, 6.45) is 2.82. The Morgan fingerprint density at radius 1 is 1.06 bits per heavy atom. The number of ether oxygens (including phenoxy) is 1. The quantitative estimate of drug-likeness (QED) is 0.202. The van der Waals surface area contributed by atoms with Crippen LogP contribution in [-0.4, -0.2) is 21.9 Å². The molecule has 0 aliphatic carbocycles. The fourth-order valence-electron chi connectivity index (χ4n) is 4.14. The average Bonchev–Trinajstić information content (AvgIpc) is 3.48. The molecule has 0 spiro atoms. The molecule has 0 bridgehead atoms. The lowest BCUT2D eigenvalue weighted by Gasteiger charge is -2.11. The standard InChI is InChI=1S/C27H19Cl3N2O3/c1-2-34-18-9-10-23-21(14-18)24(26(30)32(23)15-16-7-8-17(28)13-22(16)29)19-5-3-4-6-20(19)25(33)27-31-11-12-35-27/h3-14H,2,15H2,1H3. The number of benzene rings is 3. The van der Waals surface area contributed by atoms with Gasteiger partial charge in [0.25, 0.3) is 5.89 Å². The first-order chi connectivity index (χ1) is 17.0. The molecule has 5 rings (SSSR count). The molecule has 0 radical (unpaired) electrons. The average molecular weight is 526 g/mol. The summed E-state index contributed by atoms with van der Waals surface area (Å²) >= 11 is 19.6. The summed E-state index contributed by atoms with van der Waals surface area (Å²) in [6, 6.07) is 18.4. The van der Waals surface area contributed by atoms with Gasteiger partial charge >= 0.3 is 0 Å². The van der Waals surface area contributed by atoms with Crippen LogP contribution in [0.4, 0.5) is 0 Å². The summed E-state index contributed by atoms with van der Waals surface area (Å²) in [5.74, 6) is 0.389. The fourth-order valence-corrected chi connectivity index (χ4v) is 4.96. The molecule has 35 heavy (non-hydrogen) atoms. The number of hydrogen-bond acceptors (Lipinski definition) is 4. The second-order valence-electron chi connectivity index (χ2n) is 7.81. The highest BCUT2D eigenvalue weighted by Gasteiger charge is 2.24. The molecular formula is C27H19Cl3N2O3. The molecule has 0 atom stereocenters. The minimum Gasteiger partial charge on any atom is -0.494 e. The van der Waals surface area contributed by atoms with Crippen LogP contribution < -0.4 is 4.74 Å². The summed E-state index contributed by atoms with van der Waals surface area (Å²) in [5.41, 5.74) is 3.55. The number of ketones is 1. The number of rotatable bonds is 7. The SMILES string of the molecule is CCOc1ccc2c(c1)c(-c1ccccc1C(=O)c1ncco1)c(Cl)n2Cc1ccc(Cl)cc1Cl. The first kappa shape index (κ1) is 23.5. The molecule has 0 amide bonds. The molecule has 8 heteroatoms. The minimum absolute atomic E-state index is 0.0141. The second-order valence-corrected chi connectivity index (χ2v) is 9.01. The van der Waals surface area contributed by atoms with Crippen molar-refractivity contribution in [2.75, 3.05) is 6.61 Å². The first-order valence-electron chi connectivity index (χ1n) is 10.9. The van der Waals surface area contributed by atoms with Gasteiger partial charge < -0.3 is 13.7 Å². The van der Waals surface area contributed by atoms with Crippen molar-refractivity contribution in [3.8, 4) is 16.9 Å². The van der Waals surface area contributed by atoms with Gasteiger partial charge in [-0.05, 0) is 48.4 Å². The van der Waals surface area contributed by atoms with E-state index in [4.69, 9.17) is 44.0 Å². The van der Waals surface area contributed by atoms with Gasteiger partial charge in [-0.15, -0.1) is 0 Å². The van der Waals surface area contributed by atoms with Crippen LogP contribution in [0.2, 0.25) is 15.2 Å². The zero-order valence-electron chi connectivity index (χ0n) is 18.6. The molecule has 176 valence electrons. The highest BCUT2D eigenvalue weighted by Crippen LogP contribution is 2.42. The Balaban J connectivity index is 1.74. The Bertz CT molecular complexity index is 1540. The van der Waals surface area contributed by atoms with Crippen molar-refractivity contribution in [2.45, 2.75) is 13.5 Å². The minimum atomic E-state index is -0.329. The Morgan fingerprint density at radius 3 is 2.63 bits per heavy atom. The van der Waals surface area contributed by atoms with Gasteiger partial charge in [0.1, 0.15) is 17.2 Å². The summed E-state index contributed by atoms with van der Waals surface area (Å²) in [7, 11) is 0. The number of carbonyl (C=O) groups excluding carboxylic acids is 1. The maximum Gasteiger partial charge on any atom is 0.268 e. The molecule has 0 N–H and O–H groups in total. The lowest BCUT2D eigenvalue weighted by atomic mass is 9.96. The number of halogens is 3. The number of hydrogen-bond donors (Lipinski definition) is 0. The molecule has 0 fully saturated rings. The van der Waals surface area contributed by atoms with E-state index in [0.717, 1.165) is 16.5 Å². The molecule has 2 heterocycles. The summed E-state index contributed by atoms with van der Waals surface area (Å²) in [4.78, 5) is 17.3. The molecule has 0 aliphatic heterocycles. The van der Waals surface area contributed by atoms with Crippen LogP contribution in [0.3, 0.4) is 0 Å². The van der Waals surface area contributed by atoms with Gasteiger partial charge in [0.2, 0.25) is 5.78 Å². The van der Waals surface area contributed by atoms with E-state index in [1.807, 2.05) is 47.9 Å². The fraction of sp³-hybridized carbons (Fsp3) is 0.111. The van der Waals surface area contributed by atoms with E-state index < -0.39 is 0 Å². The van der Waals surface area contributed by atoms with Gasteiger partial charge in [-0.25, -0.2) is 4.98 Å². The van der Waals surface area contributed by atoms with Crippen LogP contribution in [0.1, 0.15) is 28.7 Å². The Kier molecular flexibility index (Phi) is 6.56. The Labute approximate surface area is 216 Å². The van der Waals surface area contributed by atoms with Crippen molar-refractivity contribution in [1.82, 2.24) is 9.55 Å². The van der Waals surface area contributed by atoms with Crippen LogP contribution in [0, 0.1) is 0 Å². The van der Waals surface area contributed by atoms with Crippen molar-refractivity contribution in [3.63, 3.8) is 0 Å². The number of oxazole rings is 1. The normalized spacial score (nSPS) is 11.2. The van der Waals surface area contributed by atoms with E-state index in [1.165, 1.54) is 12.5 Å². The third-order valence-electron chi connectivity index (χ3n) is 5.69. The zero-order valence-corrected chi connectivity index (χ0v) is 20.9. The van der Waals surface area contributed by atoms with Crippen molar-refractivity contribution < 1.29 is 13.9 Å². The molecule has 5 aromatic rings. The van der Waals surface area contributed by atoms with Gasteiger partial charge in [-0.2, -0.15) is 0 Å². The maximum absolute atomic E-state index is 13.2. The van der Waals surface area contributed by atoms with Gasteiger partial charge in [-0.3, -0.25) is 4.79 Å². The van der Waals surface area contributed by atoms with Crippen molar-refractivity contribution in [3.05, 3.63) is 105 Å². The van der Waals surface area contributed by atoms with Gasteiger partial charge in [0.05, 0.1) is 24.9 Å². The summed E-state index contributed by atoms with van der Waals surface area (Å²) in [6.45, 7) is 2.86. The Morgan fingerprint density at radius 2 is 1.89 bits per heavy atom. The monoisotopic (exact) mass is 524 g/mol. The molecular weight excluding hydrogens is 507 g/mol. The molecule has 0 unspecified atom stereocenters. The third-order valence-corrected chi connectivity index (χ3v) is 6.67. The highest BCUT2D eigenvalue weighted by atomic mass is 35.5. The van der Waals surface area contributed by atoms with Crippen LogP contribution in [0.25, 0.3) is 22.0 Å². The number of fused-ring (bicyclic) bond motifs is 1. The Hall–Kier alpha value is -3.25. The van der Waals surface area contributed by atoms with E-state index in [2.05, 4.69) is 4.98 Å². The van der Waals surface area contributed by atoms with Crippen molar-refractivity contribution >= 4 is 51.5 Å². The number of aromatic nitrogens is 2. The summed E-state index contributed by atoms with van der Waals surface area (Å²) in [5, 5.41) is 2.41. The van der Waals surface area contributed by atoms with E-state index in [9.17, 15) is 4.79 Å². The highest BCUT2D eigenvalue weighted by molar-refractivity contribution is 6.36. The van der Waals surface area contributed by atoms with Gasteiger partial charge in [0.15, 0.2) is 0 Å². The molecule has 0 saturated heterocycles. The van der Waals surface area contributed by atoms with E-state index >= 15 is 0 Å². The molecule has 0 aliphatic rings. The van der Waals surface area contributed by atoms with E-state index in [1.54, 1.807) is 24.3 Å². The van der Waals surface area contributed by atoms with Crippen LogP contribution >= 0.6 is 34.8 Å². The van der Waals surface area contributed by atoms with Gasteiger partial charge in [0, 0.05) is 26.6 Å². The van der Waals surface area contributed by atoms with Crippen LogP contribution in [0.5, 0.6) is 5.75 Å². The second kappa shape index (κ2) is 9.78. The summed E-state index contributed by atoms with van der Waals surface area (Å²) < 4.78 is 13.0. The molecule has 0 saturated carbocycles. The number of nitrogens with zero attached hydrogens (tertiary/aromatic N) is 2. The predicted octanol–water partition coefficient (Wildman–Crippen LogP) is 7.93. The van der Waals surface area contributed by atoms with Crippen molar-refractivity contribution in [1.29, 1.82) is 0 Å². The topological polar surface area (TPSA) is 57.3 Å². The van der Waals surface area contributed by atoms with E-state index in [-0.39, 0.29) is 11.7 Å². The van der Waals surface area contributed by atoms with Crippen LogP contribution in [-0.2, 0) is 6.54 Å². The molecule has 2 aromatic heterocycles. The smallest absolute Gasteiger partial charge is 0.268 e. The largest absolute Gasteiger partial charge is 0.494 e. The number of carbonyl (C=O) groups is 1. The van der Waals surface area contributed by atoms with Gasteiger partial charge in [-0.1, -0.05) is 65.1 Å².